The van der Waals surface area contributed by atoms with Gasteiger partial charge in [0.2, 0.25) is 0 Å². The van der Waals surface area contributed by atoms with Gasteiger partial charge in [-0.3, -0.25) is 0 Å². The zero-order chi connectivity index (χ0) is 12.5. The van der Waals surface area contributed by atoms with Crippen molar-refractivity contribution >= 4 is 0 Å². The van der Waals surface area contributed by atoms with Crippen LogP contribution < -0.4 is 0 Å². The maximum atomic E-state index is 13.0. The third-order valence-electron chi connectivity index (χ3n) is 3.50. The first-order valence-electron chi connectivity index (χ1n) is 5.86. The average molecular weight is 242 g/mol. The Kier molecular flexibility index (Phi) is 3.45. The van der Waals surface area contributed by atoms with Crippen molar-refractivity contribution in [1.29, 1.82) is 0 Å². The molecule has 4 heteroatoms. The van der Waals surface area contributed by atoms with Crippen LogP contribution >= 0.6 is 0 Å². The molecule has 1 unspecified atom stereocenters. The molecular weight excluding hydrogens is 226 g/mol. The molecule has 1 aromatic rings. The summed E-state index contributed by atoms with van der Waals surface area (Å²) in [5, 5.41) is 20.1. The van der Waals surface area contributed by atoms with E-state index in [0.717, 1.165) is 25.0 Å². The lowest BCUT2D eigenvalue weighted by molar-refractivity contribution is -0.0689. The normalized spacial score (nSPS) is 20.5. The molecule has 1 saturated carbocycles. The molecule has 0 aliphatic heterocycles. The van der Waals surface area contributed by atoms with Gasteiger partial charge in [0, 0.05) is 6.42 Å². The molecule has 0 saturated heterocycles. The fraction of sp³-hybridized carbons (Fsp3) is 0.538. The van der Waals surface area contributed by atoms with E-state index in [1.165, 1.54) is 6.07 Å². The van der Waals surface area contributed by atoms with Crippen LogP contribution in [0.25, 0.3) is 0 Å². The van der Waals surface area contributed by atoms with Gasteiger partial charge in [-0.05, 0) is 30.5 Å². The van der Waals surface area contributed by atoms with Crippen LogP contribution in [0.4, 0.5) is 8.78 Å². The van der Waals surface area contributed by atoms with Gasteiger partial charge in [0.15, 0.2) is 11.6 Å². The third kappa shape index (κ3) is 2.64. The minimum Gasteiger partial charge on any atom is -0.390 e. The first kappa shape index (κ1) is 12.5. The molecule has 2 rings (SSSR count). The number of benzene rings is 1. The van der Waals surface area contributed by atoms with Crippen molar-refractivity contribution in [2.45, 2.75) is 43.8 Å². The summed E-state index contributed by atoms with van der Waals surface area (Å²) in [6.45, 7) is 0. The second kappa shape index (κ2) is 4.70. The second-order valence-corrected chi connectivity index (χ2v) is 4.78. The highest BCUT2D eigenvalue weighted by atomic mass is 19.2. The van der Waals surface area contributed by atoms with Crippen molar-refractivity contribution in [1.82, 2.24) is 0 Å². The molecule has 0 heterocycles. The van der Waals surface area contributed by atoms with E-state index >= 15 is 0 Å². The lowest BCUT2D eigenvalue weighted by Gasteiger charge is -2.28. The van der Waals surface area contributed by atoms with Crippen LogP contribution in [-0.2, 0) is 6.42 Å². The first-order chi connectivity index (χ1) is 8.01. The van der Waals surface area contributed by atoms with E-state index in [1.807, 2.05) is 0 Å². The average Bonchev–Trinajstić information content (AvgIpc) is 2.72. The molecule has 0 radical (unpaired) electrons. The molecule has 1 atom stereocenters. The Morgan fingerprint density at radius 3 is 2.41 bits per heavy atom. The number of aliphatic hydroxyl groups excluding tert-OH is 1. The topological polar surface area (TPSA) is 40.5 Å². The fourth-order valence-corrected chi connectivity index (χ4v) is 2.40. The van der Waals surface area contributed by atoms with E-state index in [-0.39, 0.29) is 6.42 Å². The molecule has 0 spiro atoms. The highest BCUT2D eigenvalue weighted by molar-refractivity contribution is 5.19. The van der Waals surface area contributed by atoms with E-state index in [2.05, 4.69) is 0 Å². The van der Waals surface area contributed by atoms with Gasteiger partial charge < -0.3 is 10.2 Å². The number of hydrogen-bond acceptors (Lipinski definition) is 2. The maximum absolute atomic E-state index is 13.0. The Bertz CT molecular complexity index is 400. The quantitative estimate of drug-likeness (QED) is 0.852. The predicted molar refractivity (Wildman–Crippen MR) is 59.5 cm³/mol. The van der Waals surface area contributed by atoms with Crippen molar-refractivity contribution in [2.75, 3.05) is 0 Å². The van der Waals surface area contributed by atoms with Crippen LogP contribution in [-0.4, -0.2) is 21.9 Å². The SMILES string of the molecule is OC(Cc1ccc(F)c(F)c1)C1(O)CCCC1. The number of aliphatic hydroxyl groups is 2. The zero-order valence-corrected chi connectivity index (χ0v) is 9.50. The van der Waals surface area contributed by atoms with Gasteiger partial charge in [-0.1, -0.05) is 18.9 Å². The molecule has 1 aromatic carbocycles. The van der Waals surface area contributed by atoms with Crippen molar-refractivity contribution in [2.24, 2.45) is 0 Å². The highest BCUT2D eigenvalue weighted by Crippen LogP contribution is 2.33. The summed E-state index contributed by atoms with van der Waals surface area (Å²) >= 11 is 0. The predicted octanol–water partition coefficient (Wildman–Crippen LogP) is 2.17. The summed E-state index contributed by atoms with van der Waals surface area (Å²) in [5.41, 5.74) is -0.568. The zero-order valence-electron chi connectivity index (χ0n) is 9.50. The Morgan fingerprint density at radius 2 is 1.82 bits per heavy atom. The van der Waals surface area contributed by atoms with Gasteiger partial charge in [-0.25, -0.2) is 8.78 Å². The van der Waals surface area contributed by atoms with Gasteiger partial charge in [0.25, 0.3) is 0 Å². The minimum absolute atomic E-state index is 0.147. The second-order valence-electron chi connectivity index (χ2n) is 4.78. The van der Waals surface area contributed by atoms with E-state index in [9.17, 15) is 19.0 Å². The van der Waals surface area contributed by atoms with Gasteiger partial charge in [-0.15, -0.1) is 0 Å². The summed E-state index contributed by atoms with van der Waals surface area (Å²) in [6.07, 6.45) is 2.15. The van der Waals surface area contributed by atoms with Gasteiger partial charge in [0.1, 0.15) is 0 Å². The largest absolute Gasteiger partial charge is 0.390 e. The van der Waals surface area contributed by atoms with Crippen LogP contribution in [0.5, 0.6) is 0 Å². The monoisotopic (exact) mass is 242 g/mol. The van der Waals surface area contributed by atoms with Gasteiger partial charge in [-0.2, -0.15) is 0 Å². The minimum atomic E-state index is -1.06. The summed E-state index contributed by atoms with van der Waals surface area (Å²) in [4.78, 5) is 0. The lowest BCUT2D eigenvalue weighted by Crippen LogP contribution is -2.40. The molecule has 17 heavy (non-hydrogen) atoms. The van der Waals surface area contributed by atoms with E-state index in [1.54, 1.807) is 0 Å². The number of halogens is 2. The van der Waals surface area contributed by atoms with Crippen LogP contribution in [0.1, 0.15) is 31.2 Å². The van der Waals surface area contributed by atoms with Gasteiger partial charge in [0.05, 0.1) is 11.7 Å². The Labute approximate surface area is 98.9 Å². The first-order valence-corrected chi connectivity index (χ1v) is 5.86. The van der Waals surface area contributed by atoms with Crippen molar-refractivity contribution in [3.8, 4) is 0 Å². The Hall–Kier alpha value is -1.00. The summed E-state index contributed by atoms with van der Waals surface area (Å²) in [7, 11) is 0. The molecule has 0 aromatic heterocycles. The molecule has 0 amide bonds. The maximum Gasteiger partial charge on any atom is 0.159 e. The van der Waals surface area contributed by atoms with E-state index in [0.29, 0.717) is 18.4 Å². The highest BCUT2D eigenvalue weighted by Gasteiger charge is 2.38. The van der Waals surface area contributed by atoms with Crippen LogP contribution in [0.15, 0.2) is 18.2 Å². The van der Waals surface area contributed by atoms with Crippen molar-refractivity contribution < 1.29 is 19.0 Å². The molecule has 1 aliphatic carbocycles. The summed E-state index contributed by atoms with van der Waals surface area (Å²) in [5.74, 6) is -1.82. The lowest BCUT2D eigenvalue weighted by atomic mass is 9.90. The van der Waals surface area contributed by atoms with Crippen LogP contribution in [0.2, 0.25) is 0 Å². The van der Waals surface area contributed by atoms with Crippen molar-refractivity contribution in [3.63, 3.8) is 0 Å². The smallest absolute Gasteiger partial charge is 0.159 e. The third-order valence-corrected chi connectivity index (χ3v) is 3.50. The van der Waals surface area contributed by atoms with Crippen molar-refractivity contribution in [3.05, 3.63) is 35.4 Å². The molecular formula is C13H16F2O2. The Balaban J connectivity index is 2.07. The van der Waals surface area contributed by atoms with E-state index < -0.39 is 23.3 Å². The fourth-order valence-electron chi connectivity index (χ4n) is 2.40. The van der Waals surface area contributed by atoms with Gasteiger partial charge >= 0.3 is 0 Å². The molecule has 2 nitrogen and oxygen atoms in total. The van der Waals surface area contributed by atoms with E-state index in [4.69, 9.17) is 0 Å². The van der Waals surface area contributed by atoms with Crippen LogP contribution in [0.3, 0.4) is 0 Å². The molecule has 0 bridgehead atoms. The molecule has 94 valence electrons. The molecule has 1 fully saturated rings. The summed E-state index contributed by atoms with van der Waals surface area (Å²) < 4.78 is 25.7. The molecule has 1 aliphatic rings. The van der Waals surface area contributed by atoms with Crippen LogP contribution in [0, 0.1) is 11.6 Å². The number of rotatable bonds is 3. The Morgan fingerprint density at radius 1 is 1.18 bits per heavy atom. The summed E-state index contributed by atoms with van der Waals surface area (Å²) in [6, 6.07) is 3.53. The molecule has 2 N–H and O–H groups in total. The standard InChI is InChI=1S/C13H16F2O2/c14-10-4-3-9(7-11(10)15)8-12(16)13(17)5-1-2-6-13/h3-4,7,12,16-17H,1-2,5-6,8H2. The number of hydrogen-bond donors (Lipinski definition) is 2.